The van der Waals surface area contributed by atoms with Gasteiger partial charge in [-0.1, -0.05) is 26.0 Å². The second-order valence-electron chi connectivity index (χ2n) is 7.19. The highest BCUT2D eigenvalue weighted by atomic mass is 32.2. The van der Waals surface area contributed by atoms with Crippen molar-refractivity contribution in [3.8, 4) is 5.75 Å². The van der Waals surface area contributed by atoms with Crippen LogP contribution in [0.15, 0.2) is 47.4 Å². The Kier molecular flexibility index (Phi) is 7.17. The third kappa shape index (κ3) is 4.67. The fraction of sp³-hybridized carbons (Fsp3) is 0.409. The average molecular weight is 450 g/mol. The van der Waals surface area contributed by atoms with Crippen LogP contribution in [0.4, 0.5) is 10.1 Å². The number of rotatable bonds is 7. The Hall–Kier alpha value is -2.65. The van der Waals surface area contributed by atoms with Gasteiger partial charge in [0.2, 0.25) is 10.0 Å². The van der Waals surface area contributed by atoms with E-state index in [0.717, 1.165) is 0 Å². The van der Waals surface area contributed by atoms with Gasteiger partial charge in [0.1, 0.15) is 16.5 Å². The van der Waals surface area contributed by atoms with E-state index in [1.165, 1.54) is 29.6 Å². The number of hydrogen-bond acceptors (Lipinski definition) is 5. The van der Waals surface area contributed by atoms with Gasteiger partial charge in [-0.3, -0.25) is 4.79 Å². The maximum atomic E-state index is 14.1. The van der Waals surface area contributed by atoms with Crippen LogP contribution >= 0.6 is 0 Å². The summed E-state index contributed by atoms with van der Waals surface area (Å²) in [6.45, 7) is 5.97. The van der Waals surface area contributed by atoms with Gasteiger partial charge in [-0.05, 0) is 30.3 Å². The van der Waals surface area contributed by atoms with Crippen molar-refractivity contribution in [3.63, 3.8) is 0 Å². The number of hydrogen-bond donors (Lipinski definition) is 0. The van der Waals surface area contributed by atoms with Crippen LogP contribution in [0.3, 0.4) is 0 Å². The lowest BCUT2D eigenvalue weighted by molar-refractivity contribution is 0.0746. The molecule has 0 unspecified atom stereocenters. The van der Waals surface area contributed by atoms with Crippen LogP contribution in [-0.4, -0.2) is 69.9 Å². The molecular formula is C22H28FN3O4S. The Morgan fingerprint density at radius 2 is 1.71 bits per heavy atom. The summed E-state index contributed by atoms with van der Waals surface area (Å²) in [7, 11) is -2.39. The lowest BCUT2D eigenvalue weighted by atomic mass is 10.1. The number of nitrogens with zero attached hydrogens (tertiary/aromatic N) is 3. The molecule has 168 valence electrons. The second kappa shape index (κ2) is 9.65. The van der Waals surface area contributed by atoms with E-state index >= 15 is 0 Å². The monoisotopic (exact) mass is 449 g/mol. The zero-order valence-corrected chi connectivity index (χ0v) is 18.9. The van der Waals surface area contributed by atoms with Gasteiger partial charge in [0.05, 0.1) is 12.8 Å². The molecule has 31 heavy (non-hydrogen) atoms. The number of ether oxygens (including phenoxy) is 1. The fourth-order valence-corrected chi connectivity index (χ4v) is 5.39. The number of amides is 1. The molecule has 1 fully saturated rings. The number of halogens is 1. The predicted molar refractivity (Wildman–Crippen MR) is 118 cm³/mol. The van der Waals surface area contributed by atoms with Crippen LogP contribution in [0.2, 0.25) is 0 Å². The van der Waals surface area contributed by atoms with Gasteiger partial charge in [-0.25, -0.2) is 12.8 Å². The largest absolute Gasteiger partial charge is 0.495 e. The standard InChI is InChI=1S/C22H28FN3O4S/c1-4-26(5-2)31(28,29)21-16-17(10-11-20(21)30-3)22(27)25-14-12-24(13-15-25)19-9-7-6-8-18(19)23/h6-11,16H,4-5,12-15H2,1-3H3. The molecule has 0 spiro atoms. The smallest absolute Gasteiger partial charge is 0.254 e. The van der Waals surface area contributed by atoms with Gasteiger partial charge in [-0.15, -0.1) is 0 Å². The minimum absolute atomic E-state index is 0.0189. The lowest BCUT2D eigenvalue weighted by Crippen LogP contribution is -2.49. The summed E-state index contributed by atoms with van der Waals surface area (Å²) in [6.07, 6.45) is 0. The van der Waals surface area contributed by atoms with E-state index in [0.29, 0.717) is 45.0 Å². The fourth-order valence-electron chi connectivity index (χ4n) is 3.76. The summed E-state index contributed by atoms with van der Waals surface area (Å²) in [4.78, 5) is 16.6. The Labute approximate surface area is 183 Å². The van der Waals surface area contributed by atoms with Crippen LogP contribution in [0.1, 0.15) is 24.2 Å². The molecule has 2 aromatic carbocycles. The highest BCUT2D eigenvalue weighted by Gasteiger charge is 2.29. The number of carbonyl (C=O) groups excluding carboxylic acids is 1. The molecule has 0 N–H and O–H groups in total. The third-order valence-corrected chi connectivity index (χ3v) is 7.56. The summed E-state index contributed by atoms with van der Waals surface area (Å²) < 4.78 is 46.7. The maximum Gasteiger partial charge on any atom is 0.254 e. The number of methoxy groups -OCH3 is 1. The van der Waals surface area contributed by atoms with Gasteiger partial charge in [-0.2, -0.15) is 4.31 Å². The molecule has 0 bridgehead atoms. The first-order valence-electron chi connectivity index (χ1n) is 10.3. The van der Waals surface area contributed by atoms with E-state index in [4.69, 9.17) is 4.74 Å². The molecule has 1 aliphatic rings. The first-order valence-corrected chi connectivity index (χ1v) is 11.7. The maximum absolute atomic E-state index is 14.1. The molecule has 3 rings (SSSR count). The first kappa shape index (κ1) is 23.0. The Balaban J connectivity index is 1.81. The third-order valence-electron chi connectivity index (χ3n) is 5.49. The van der Waals surface area contributed by atoms with Crippen molar-refractivity contribution in [3.05, 3.63) is 53.8 Å². The predicted octanol–water partition coefficient (Wildman–Crippen LogP) is 2.83. The van der Waals surface area contributed by atoms with E-state index in [-0.39, 0.29) is 27.9 Å². The van der Waals surface area contributed by atoms with Crippen LogP contribution in [-0.2, 0) is 10.0 Å². The van der Waals surface area contributed by atoms with Crippen molar-refractivity contribution >= 4 is 21.6 Å². The number of anilines is 1. The molecular weight excluding hydrogens is 421 g/mol. The summed E-state index contributed by atoms with van der Waals surface area (Å²) in [5.41, 5.74) is 0.803. The molecule has 2 aromatic rings. The molecule has 9 heteroatoms. The lowest BCUT2D eigenvalue weighted by Gasteiger charge is -2.36. The van der Waals surface area contributed by atoms with Crippen molar-refractivity contribution in [1.29, 1.82) is 0 Å². The van der Waals surface area contributed by atoms with Crippen molar-refractivity contribution < 1.29 is 22.3 Å². The molecule has 7 nitrogen and oxygen atoms in total. The van der Waals surface area contributed by atoms with E-state index in [9.17, 15) is 17.6 Å². The highest BCUT2D eigenvalue weighted by Crippen LogP contribution is 2.29. The van der Waals surface area contributed by atoms with Crippen LogP contribution in [0, 0.1) is 5.82 Å². The van der Waals surface area contributed by atoms with Crippen molar-refractivity contribution in [1.82, 2.24) is 9.21 Å². The van der Waals surface area contributed by atoms with Crippen LogP contribution < -0.4 is 9.64 Å². The SMILES string of the molecule is CCN(CC)S(=O)(=O)c1cc(C(=O)N2CCN(c3ccccc3F)CC2)ccc1OC. The normalized spacial score (nSPS) is 14.7. The van der Waals surface area contributed by atoms with Gasteiger partial charge in [0.15, 0.2) is 0 Å². The Bertz CT molecular complexity index is 1030. The molecule has 1 amide bonds. The Morgan fingerprint density at radius 1 is 1.06 bits per heavy atom. The van der Waals surface area contributed by atoms with Gasteiger partial charge < -0.3 is 14.5 Å². The topological polar surface area (TPSA) is 70.2 Å². The van der Waals surface area contributed by atoms with E-state index < -0.39 is 10.0 Å². The first-order chi connectivity index (χ1) is 14.8. The van der Waals surface area contributed by atoms with Crippen molar-refractivity contribution in [2.45, 2.75) is 18.7 Å². The zero-order chi connectivity index (χ0) is 22.6. The molecule has 1 heterocycles. The van der Waals surface area contributed by atoms with Gasteiger partial charge in [0.25, 0.3) is 5.91 Å². The van der Waals surface area contributed by atoms with Gasteiger partial charge >= 0.3 is 0 Å². The summed E-state index contributed by atoms with van der Waals surface area (Å²) in [6, 6.07) is 11.0. The molecule has 0 radical (unpaired) electrons. The number of carbonyl (C=O) groups is 1. The average Bonchev–Trinajstić information content (AvgIpc) is 2.79. The minimum Gasteiger partial charge on any atom is -0.495 e. The van der Waals surface area contributed by atoms with Gasteiger partial charge in [0, 0.05) is 44.8 Å². The zero-order valence-electron chi connectivity index (χ0n) is 18.0. The van der Waals surface area contributed by atoms with E-state index in [1.807, 2.05) is 4.90 Å². The van der Waals surface area contributed by atoms with E-state index in [2.05, 4.69) is 0 Å². The number of piperazine rings is 1. The molecule has 1 saturated heterocycles. The second-order valence-corrected chi connectivity index (χ2v) is 9.09. The summed E-state index contributed by atoms with van der Waals surface area (Å²) in [5, 5.41) is 0. The summed E-state index contributed by atoms with van der Waals surface area (Å²) >= 11 is 0. The Morgan fingerprint density at radius 3 is 2.29 bits per heavy atom. The molecule has 0 aromatic heterocycles. The summed E-state index contributed by atoms with van der Waals surface area (Å²) in [5.74, 6) is -0.344. The van der Waals surface area contributed by atoms with Crippen LogP contribution in [0.5, 0.6) is 5.75 Å². The number of benzene rings is 2. The molecule has 0 atom stereocenters. The minimum atomic E-state index is -3.79. The van der Waals surface area contributed by atoms with Crippen molar-refractivity contribution in [2.75, 3.05) is 51.3 Å². The molecule has 1 aliphatic heterocycles. The van der Waals surface area contributed by atoms with Crippen molar-refractivity contribution in [2.24, 2.45) is 0 Å². The number of sulfonamides is 1. The number of para-hydroxylation sites is 1. The van der Waals surface area contributed by atoms with Crippen LogP contribution in [0.25, 0.3) is 0 Å². The van der Waals surface area contributed by atoms with E-state index in [1.54, 1.807) is 43.0 Å². The molecule has 0 saturated carbocycles. The molecule has 0 aliphatic carbocycles. The quantitative estimate of drug-likeness (QED) is 0.650. The highest BCUT2D eigenvalue weighted by molar-refractivity contribution is 7.89.